The van der Waals surface area contributed by atoms with Crippen molar-refractivity contribution in [3.63, 3.8) is 0 Å². The number of aromatic nitrogens is 2. The molecule has 0 saturated heterocycles. The van der Waals surface area contributed by atoms with Crippen molar-refractivity contribution in [2.75, 3.05) is 0 Å². The highest BCUT2D eigenvalue weighted by Gasteiger charge is 2.09. The van der Waals surface area contributed by atoms with Crippen LogP contribution in [-0.2, 0) is 17.8 Å². The molecule has 3 rings (SSSR count). The lowest BCUT2D eigenvalue weighted by molar-refractivity contribution is -0.136. The molecular weight excluding hydrogens is 308 g/mol. The van der Waals surface area contributed by atoms with Gasteiger partial charge in [0.25, 0.3) is 5.89 Å². The highest BCUT2D eigenvalue weighted by molar-refractivity contribution is 5.70. The van der Waals surface area contributed by atoms with Gasteiger partial charge in [0.15, 0.2) is 6.61 Å². The predicted octanol–water partition coefficient (Wildman–Crippen LogP) is 3.25. The van der Waals surface area contributed by atoms with E-state index in [0.717, 1.165) is 16.7 Å². The van der Waals surface area contributed by atoms with E-state index in [0.29, 0.717) is 17.5 Å². The molecule has 0 amide bonds. The van der Waals surface area contributed by atoms with E-state index in [4.69, 9.17) is 14.4 Å². The molecule has 0 fully saturated rings. The molecule has 122 valence electrons. The molecule has 0 spiro atoms. The molecule has 1 N–H and O–H groups in total. The molecule has 1 heterocycles. The highest BCUT2D eigenvalue weighted by Crippen LogP contribution is 2.18. The molecule has 24 heavy (non-hydrogen) atoms. The second kappa shape index (κ2) is 6.95. The first-order valence-corrected chi connectivity index (χ1v) is 7.43. The maximum absolute atomic E-state index is 10.6. The number of carbonyl (C=O) groups is 1. The molecule has 0 atom stereocenters. The van der Waals surface area contributed by atoms with Crippen molar-refractivity contribution in [3.8, 4) is 17.1 Å². The number of hydrogen-bond acceptors (Lipinski definition) is 5. The van der Waals surface area contributed by atoms with Gasteiger partial charge in [-0.1, -0.05) is 41.1 Å². The molecule has 0 bridgehead atoms. The summed E-state index contributed by atoms with van der Waals surface area (Å²) in [4.78, 5) is 15.0. The smallest absolute Gasteiger partial charge is 0.307 e. The SMILES string of the molecule is Cc1cccc(-c2noc(COc3ccc(CC(=O)O)cc3)n2)c1. The van der Waals surface area contributed by atoms with Gasteiger partial charge in [0.05, 0.1) is 6.42 Å². The van der Waals surface area contributed by atoms with Crippen LogP contribution in [-0.4, -0.2) is 21.2 Å². The van der Waals surface area contributed by atoms with Crippen molar-refractivity contribution >= 4 is 5.97 Å². The number of carboxylic acids is 1. The van der Waals surface area contributed by atoms with E-state index < -0.39 is 5.97 Å². The van der Waals surface area contributed by atoms with E-state index in [9.17, 15) is 4.79 Å². The van der Waals surface area contributed by atoms with Crippen LogP contribution >= 0.6 is 0 Å². The predicted molar refractivity (Wildman–Crippen MR) is 86.6 cm³/mol. The molecule has 6 nitrogen and oxygen atoms in total. The molecule has 0 unspecified atom stereocenters. The van der Waals surface area contributed by atoms with Crippen LogP contribution in [0.2, 0.25) is 0 Å². The van der Waals surface area contributed by atoms with Crippen LogP contribution in [0.15, 0.2) is 53.1 Å². The van der Waals surface area contributed by atoms with Crippen LogP contribution in [0.1, 0.15) is 17.0 Å². The Morgan fingerprint density at radius 2 is 2.00 bits per heavy atom. The molecule has 3 aromatic rings. The van der Waals surface area contributed by atoms with Crippen LogP contribution in [0.5, 0.6) is 5.75 Å². The van der Waals surface area contributed by atoms with Gasteiger partial charge in [-0.15, -0.1) is 0 Å². The van der Waals surface area contributed by atoms with Gasteiger partial charge in [0, 0.05) is 5.56 Å². The largest absolute Gasteiger partial charge is 0.484 e. The molecule has 1 aromatic heterocycles. The van der Waals surface area contributed by atoms with Gasteiger partial charge in [-0.2, -0.15) is 4.98 Å². The fraction of sp³-hybridized carbons (Fsp3) is 0.167. The monoisotopic (exact) mass is 324 g/mol. The first kappa shape index (κ1) is 15.7. The van der Waals surface area contributed by atoms with E-state index in [1.165, 1.54) is 0 Å². The van der Waals surface area contributed by atoms with Gasteiger partial charge in [-0.25, -0.2) is 0 Å². The number of rotatable bonds is 6. The lowest BCUT2D eigenvalue weighted by atomic mass is 10.1. The van der Waals surface area contributed by atoms with Gasteiger partial charge in [-0.3, -0.25) is 4.79 Å². The molecule has 0 saturated carbocycles. The summed E-state index contributed by atoms with van der Waals surface area (Å²) in [5.74, 6) is 0.646. The Hall–Kier alpha value is -3.15. The van der Waals surface area contributed by atoms with E-state index in [1.807, 2.05) is 31.2 Å². The molecule has 0 aliphatic heterocycles. The van der Waals surface area contributed by atoms with Crippen molar-refractivity contribution in [1.29, 1.82) is 0 Å². The zero-order valence-corrected chi connectivity index (χ0v) is 13.1. The average Bonchev–Trinajstić information content (AvgIpc) is 3.03. The third-order valence-corrected chi connectivity index (χ3v) is 3.39. The fourth-order valence-electron chi connectivity index (χ4n) is 2.24. The first-order chi connectivity index (χ1) is 11.6. The summed E-state index contributed by atoms with van der Waals surface area (Å²) in [6.07, 6.45) is -0.0101. The van der Waals surface area contributed by atoms with E-state index in [2.05, 4.69) is 10.1 Å². The summed E-state index contributed by atoms with van der Waals surface area (Å²) in [5, 5.41) is 12.7. The van der Waals surface area contributed by atoms with E-state index in [-0.39, 0.29) is 13.0 Å². The Bertz CT molecular complexity index is 840. The minimum atomic E-state index is -0.863. The van der Waals surface area contributed by atoms with Gasteiger partial charge < -0.3 is 14.4 Å². The molecule has 0 aliphatic carbocycles. The topological polar surface area (TPSA) is 85.5 Å². The van der Waals surface area contributed by atoms with Gasteiger partial charge in [-0.05, 0) is 30.7 Å². The average molecular weight is 324 g/mol. The highest BCUT2D eigenvalue weighted by atomic mass is 16.5. The molecule has 0 radical (unpaired) electrons. The maximum Gasteiger partial charge on any atom is 0.307 e. The molecule has 0 aliphatic rings. The van der Waals surface area contributed by atoms with Gasteiger partial charge >= 0.3 is 5.97 Å². The first-order valence-electron chi connectivity index (χ1n) is 7.43. The zero-order chi connectivity index (χ0) is 16.9. The maximum atomic E-state index is 10.6. The second-order valence-corrected chi connectivity index (χ2v) is 5.38. The van der Waals surface area contributed by atoms with Crippen LogP contribution in [0, 0.1) is 6.92 Å². The van der Waals surface area contributed by atoms with E-state index >= 15 is 0 Å². The number of nitrogens with zero attached hydrogens (tertiary/aromatic N) is 2. The zero-order valence-electron chi connectivity index (χ0n) is 13.1. The fourth-order valence-corrected chi connectivity index (χ4v) is 2.24. The summed E-state index contributed by atoms with van der Waals surface area (Å²) in [7, 11) is 0. The van der Waals surface area contributed by atoms with Gasteiger partial charge in [0.1, 0.15) is 5.75 Å². The minimum Gasteiger partial charge on any atom is -0.484 e. The number of aliphatic carboxylic acids is 1. The Kier molecular flexibility index (Phi) is 4.56. The standard InChI is InChI=1S/C18H16N2O4/c1-12-3-2-4-14(9-12)18-19-16(24-20-18)11-23-15-7-5-13(6-8-15)10-17(21)22/h2-9H,10-11H2,1H3,(H,21,22). The lowest BCUT2D eigenvalue weighted by Crippen LogP contribution is -2.00. The number of ether oxygens (including phenoxy) is 1. The van der Waals surface area contributed by atoms with E-state index in [1.54, 1.807) is 24.3 Å². The Morgan fingerprint density at radius 3 is 2.71 bits per heavy atom. The number of hydrogen-bond donors (Lipinski definition) is 1. The summed E-state index contributed by atoms with van der Waals surface area (Å²) >= 11 is 0. The Morgan fingerprint density at radius 1 is 1.21 bits per heavy atom. The summed E-state index contributed by atoms with van der Waals surface area (Å²) in [5.41, 5.74) is 2.73. The van der Waals surface area contributed by atoms with Gasteiger partial charge in [0.2, 0.25) is 5.82 Å². The number of aryl methyl sites for hydroxylation is 1. The number of carboxylic acid groups (broad SMARTS) is 1. The summed E-state index contributed by atoms with van der Waals surface area (Å²) < 4.78 is 10.8. The molecular formula is C18H16N2O4. The minimum absolute atomic E-state index is 0.0101. The number of benzene rings is 2. The van der Waals surface area contributed by atoms with Crippen molar-refractivity contribution in [2.45, 2.75) is 20.0 Å². The summed E-state index contributed by atoms with van der Waals surface area (Å²) in [6.45, 7) is 2.15. The van der Waals surface area contributed by atoms with Crippen LogP contribution in [0.4, 0.5) is 0 Å². The third kappa shape index (κ3) is 3.98. The molecule has 2 aromatic carbocycles. The van der Waals surface area contributed by atoms with Crippen molar-refractivity contribution in [2.24, 2.45) is 0 Å². The Labute approximate surface area is 138 Å². The Balaban J connectivity index is 1.62. The summed E-state index contributed by atoms with van der Waals surface area (Å²) in [6, 6.07) is 14.7. The quantitative estimate of drug-likeness (QED) is 0.749. The van der Waals surface area contributed by atoms with Crippen LogP contribution < -0.4 is 4.74 Å². The third-order valence-electron chi connectivity index (χ3n) is 3.39. The van der Waals surface area contributed by atoms with Crippen molar-refractivity contribution in [3.05, 3.63) is 65.5 Å². The molecule has 6 heteroatoms. The van der Waals surface area contributed by atoms with Crippen LogP contribution in [0.3, 0.4) is 0 Å². The lowest BCUT2D eigenvalue weighted by Gasteiger charge is -2.03. The second-order valence-electron chi connectivity index (χ2n) is 5.38. The van der Waals surface area contributed by atoms with Crippen molar-refractivity contribution in [1.82, 2.24) is 10.1 Å². The van der Waals surface area contributed by atoms with Crippen molar-refractivity contribution < 1.29 is 19.2 Å². The van der Waals surface area contributed by atoms with Crippen LogP contribution in [0.25, 0.3) is 11.4 Å². The normalized spacial score (nSPS) is 10.5.